The van der Waals surface area contributed by atoms with Gasteiger partial charge in [0.05, 0.1) is 11.7 Å². The van der Waals surface area contributed by atoms with Crippen molar-refractivity contribution in [2.45, 2.75) is 32.0 Å². The largest absolute Gasteiger partial charge is 0.416 e. The maximum absolute atomic E-state index is 12.4. The zero-order valence-corrected chi connectivity index (χ0v) is 9.44. The number of hydrogen-bond donors (Lipinski definition) is 1. The Morgan fingerprint density at radius 3 is 2.44 bits per heavy atom. The summed E-state index contributed by atoms with van der Waals surface area (Å²) in [5.41, 5.74) is -0.263. The number of aliphatic hydroxyl groups is 1. The number of hydrogen-bond acceptors (Lipinski definition) is 1. The molecule has 1 aromatic rings. The Hall–Kier alpha value is -0.740. The third-order valence-electron chi connectivity index (χ3n) is 2.14. The molecular formula is C11H12ClF3O. The first-order valence-electron chi connectivity index (χ1n) is 4.84. The summed E-state index contributed by atoms with van der Waals surface area (Å²) in [6.45, 7) is 1.59. The molecule has 0 unspecified atom stereocenters. The van der Waals surface area contributed by atoms with E-state index in [2.05, 4.69) is 0 Å². The van der Waals surface area contributed by atoms with Crippen molar-refractivity contribution in [3.05, 3.63) is 34.3 Å². The molecular weight excluding hydrogens is 241 g/mol. The molecule has 0 fully saturated rings. The highest BCUT2D eigenvalue weighted by molar-refractivity contribution is 6.30. The fraction of sp³-hybridized carbons (Fsp3) is 0.455. The van der Waals surface area contributed by atoms with Gasteiger partial charge in [0.2, 0.25) is 0 Å². The third-order valence-corrected chi connectivity index (χ3v) is 2.35. The van der Waals surface area contributed by atoms with Gasteiger partial charge in [-0.15, -0.1) is 0 Å². The maximum atomic E-state index is 12.4. The van der Waals surface area contributed by atoms with E-state index in [1.807, 2.05) is 0 Å². The van der Waals surface area contributed by atoms with Crippen molar-refractivity contribution in [3.63, 3.8) is 0 Å². The molecule has 0 aliphatic carbocycles. The van der Waals surface area contributed by atoms with Crippen LogP contribution in [0.4, 0.5) is 13.2 Å². The minimum Gasteiger partial charge on any atom is -0.393 e. The number of aryl methyl sites for hydroxylation is 1. The lowest BCUT2D eigenvalue weighted by Gasteiger charge is -2.10. The van der Waals surface area contributed by atoms with Gasteiger partial charge in [-0.2, -0.15) is 13.2 Å². The Kier molecular flexibility index (Phi) is 4.21. The SMILES string of the molecule is C[C@H](O)CCc1cc(Cl)cc(C(F)(F)F)c1. The lowest BCUT2D eigenvalue weighted by molar-refractivity contribution is -0.137. The summed E-state index contributed by atoms with van der Waals surface area (Å²) in [5, 5.41) is 9.12. The van der Waals surface area contributed by atoms with Gasteiger partial charge in [-0.25, -0.2) is 0 Å². The first-order valence-corrected chi connectivity index (χ1v) is 5.21. The molecule has 0 radical (unpaired) electrons. The van der Waals surface area contributed by atoms with Crippen LogP contribution in [0.25, 0.3) is 0 Å². The van der Waals surface area contributed by atoms with Crippen molar-refractivity contribution in [2.75, 3.05) is 0 Å². The van der Waals surface area contributed by atoms with E-state index in [9.17, 15) is 13.2 Å². The van der Waals surface area contributed by atoms with Crippen LogP contribution in [0.3, 0.4) is 0 Å². The smallest absolute Gasteiger partial charge is 0.393 e. The molecule has 0 heterocycles. The Bertz CT molecular complexity index is 361. The molecule has 1 rings (SSSR count). The molecule has 0 bridgehead atoms. The highest BCUT2D eigenvalue weighted by Crippen LogP contribution is 2.32. The Labute approximate surface area is 96.9 Å². The van der Waals surface area contributed by atoms with E-state index in [-0.39, 0.29) is 5.02 Å². The monoisotopic (exact) mass is 252 g/mol. The third kappa shape index (κ3) is 4.02. The molecule has 0 aromatic heterocycles. The molecule has 90 valence electrons. The summed E-state index contributed by atoms with van der Waals surface area (Å²) in [5.74, 6) is 0. The second kappa shape index (κ2) is 5.06. The molecule has 0 aliphatic rings. The van der Waals surface area contributed by atoms with E-state index in [0.29, 0.717) is 18.4 Å². The van der Waals surface area contributed by atoms with Gasteiger partial charge < -0.3 is 5.11 Å². The number of halogens is 4. The van der Waals surface area contributed by atoms with Gasteiger partial charge in [0.1, 0.15) is 0 Å². The van der Waals surface area contributed by atoms with Gasteiger partial charge in [-0.05, 0) is 43.5 Å². The molecule has 16 heavy (non-hydrogen) atoms. The zero-order chi connectivity index (χ0) is 12.3. The Morgan fingerprint density at radius 2 is 1.94 bits per heavy atom. The van der Waals surface area contributed by atoms with Crippen LogP contribution >= 0.6 is 11.6 Å². The van der Waals surface area contributed by atoms with E-state index in [1.165, 1.54) is 6.07 Å². The van der Waals surface area contributed by atoms with Crippen LogP contribution in [0, 0.1) is 0 Å². The van der Waals surface area contributed by atoms with E-state index in [1.54, 1.807) is 6.92 Å². The molecule has 1 nitrogen and oxygen atoms in total. The molecule has 1 aromatic carbocycles. The fourth-order valence-corrected chi connectivity index (χ4v) is 1.59. The van der Waals surface area contributed by atoms with E-state index < -0.39 is 17.8 Å². The van der Waals surface area contributed by atoms with Crippen LogP contribution in [-0.4, -0.2) is 11.2 Å². The van der Waals surface area contributed by atoms with Crippen LogP contribution in [0.2, 0.25) is 5.02 Å². The van der Waals surface area contributed by atoms with Gasteiger partial charge in [0.15, 0.2) is 0 Å². The Morgan fingerprint density at radius 1 is 1.31 bits per heavy atom. The molecule has 5 heteroatoms. The lowest BCUT2D eigenvalue weighted by atomic mass is 10.0. The summed E-state index contributed by atoms with van der Waals surface area (Å²) < 4.78 is 37.3. The predicted molar refractivity (Wildman–Crippen MR) is 56.5 cm³/mol. The quantitative estimate of drug-likeness (QED) is 0.870. The maximum Gasteiger partial charge on any atom is 0.416 e. The van der Waals surface area contributed by atoms with Crippen LogP contribution < -0.4 is 0 Å². The summed E-state index contributed by atoms with van der Waals surface area (Å²) in [6, 6.07) is 3.45. The van der Waals surface area contributed by atoms with Crippen molar-refractivity contribution in [2.24, 2.45) is 0 Å². The number of benzene rings is 1. The average Bonchev–Trinajstić information content (AvgIpc) is 2.12. The summed E-state index contributed by atoms with van der Waals surface area (Å²) in [4.78, 5) is 0. The minimum absolute atomic E-state index is 0.0652. The van der Waals surface area contributed by atoms with Gasteiger partial charge in [-0.1, -0.05) is 11.6 Å². The van der Waals surface area contributed by atoms with Crippen molar-refractivity contribution in [1.29, 1.82) is 0 Å². The van der Waals surface area contributed by atoms with Gasteiger partial charge in [0, 0.05) is 5.02 Å². The molecule has 0 saturated heterocycles. The van der Waals surface area contributed by atoms with Crippen molar-refractivity contribution in [1.82, 2.24) is 0 Å². The number of rotatable bonds is 3. The van der Waals surface area contributed by atoms with E-state index >= 15 is 0 Å². The first-order chi connectivity index (χ1) is 7.29. The molecule has 1 atom stereocenters. The average molecular weight is 253 g/mol. The summed E-state index contributed by atoms with van der Waals surface area (Å²) >= 11 is 5.61. The molecule has 0 saturated carbocycles. The van der Waals surface area contributed by atoms with E-state index in [0.717, 1.165) is 12.1 Å². The zero-order valence-electron chi connectivity index (χ0n) is 8.68. The molecule has 0 spiro atoms. The van der Waals surface area contributed by atoms with Crippen molar-refractivity contribution >= 4 is 11.6 Å². The number of alkyl halides is 3. The summed E-state index contributed by atoms with van der Waals surface area (Å²) in [6.07, 6.45) is -4.13. The minimum atomic E-state index is -4.38. The molecule has 0 aliphatic heterocycles. The van der Waals surface area contributed by atoms with Gasteiger partial charge in [0.25, 0.3) is 0 Å². The topological polar surface area (TPSA) is 20.2 Å². The van der Waals surface area contributed by atoms with E-state index in [4.69, 9.17) is 16.7 Å². The molecule has 0 amide bonds. The van der Waals surface area contributed by atoms with Crippen LogP contribution in [0.1, 0.15) is 24.5 Å². The lowest BCUT2D eigenvalue weighted by Crippen LogP contribution is -2.07. The molecule has 1 N–H and O–H groups in total. The highest BCUT2D eigenvalue weighted by atomic mass is 35.5. The highest BCUT2D eigenvalue weighted by Gasteiger charge is 2.30. The summed E-state index contributed by atoms with van der Waals surface area (Å²) in [7, 11) is 0. The second-order valence-electron chi connectivity index (χ2n) is 3.73. The normalized spacial score (nSPS) is 13.9. The van der Waals surface area contributed by atoms with Crippen LogP contribution in [-0.2, 0) is 12.6 Å². The second-order valence-corrected chi connectivity index (χ2v) is 4.17. The first kappa shape index (κ1) is 13.3. The van der Waals surface area contributed by atoms with Crippen LogP contribution in [0.15, 0.2) is 18.2 Å². The standard InChI is InChI=1S/C11H12ClF3O/c1-7(16)2-3-8-4-9(11(13,14)15)6-10(12)5-8/h4-7,16H,2-3H2,1H3/t7-/m0/s1. The van der Waals surface area contributed by atoms with Crippen molar-refractivity contribution in [3.8, 4) is 0 Å². The Balaban J connectivity index is 2.90. The predicted octanol–water partition coefficient (Wildman–Crippen LogP) is 3.67. The van der Waals surface area contributed by atoms with Crippen LogP contribution in [0.5, 0.6) is 0 Å². The van der Waals surface area contributed by atoms with Gasteiger partial charge >= 0.3 is 6.18 Å². The number of aliphatic hydroxyl groups excluding tert-OH is 1. The van der Waals surface area contributed by atoms with Crippen molar-refractivity contribution < 1.29 is 18.3 Å². The van der Waals surface area contributed by atoms with Gasteiger partial charge in [-0.3, -0.25) is 0 Å². The fourth-order valence-electron chi connectivity index (χ4n) is 1.33.